The standard InChI is InChI=1S/C12H17BrN2/c1-8-6-10(8)7-15(3)12-5-4-11(13)9(2)14-12/h4-5,8,10H,6-7H2,1-3H3. The maximum atomic E-state index is 4.56. The lowest BCUT2D eigenvalue weighted by molar-refractivity contribution is 0.718. The average molecular weight is 269 g/mol. The molecule has 1 aliphatic rings. The Kier molecular flexibility index (Phi) is 3.01. The molecule has 1 heterocycles. The Morgan fingerprint density at radius 2 is 2.20 bits per heavy atom. The Labute approximate surface area is 99.8 Å². The minimum absolute atomic E-state index is 0.876. The zero-order valence-electron chi connectivity index (χ0n) is 9.50. The van der Waals surface area contributed by atoms with Crippen LogP contribution in [0, 0.1) is 18.8 Å². The first kappa shape index (κ1) is 10.9. The van der Waals surface area contributed by atoms with Crippen molar-refractivity contribution < 1.29 is 0 Å². The van der Waals surface area contributed by atoms with Crippen molar-refractivity contribution in [2.75, 3.05) is 18.5 Å². The summed E-state index contributed by atoms with van der Waals surface area (Å²) in [5, 5.41) is 0. The van der Waals surface area contributed by atoms with E-state index in [-0.39, 0.29) is 0 Å². The molecule has 2 nitrogen and oxygen atoms in total. The summed E-state index contributed by atoms with van der Waals surface area (Å²) in [6, 6.07) is 4.15. The molecular formula is C12H17BrN2. The highest BCUT2D eigenvalue weighted by molar-refractivity contribution is 9.10. The van der Waals surface area contributed by atoms with Gasteiger partial charge in [-0.1, -0.05) is 6.92 Å². The predicted molar refractivity (Wildman–Crippen MR) is 67.2 cm³/mol. The fourth-order valence-corrected chi connectivity index (χ4v) is 2.06. The van der Waals surface area contributed by atoms with Crippen molar-refractivity contribution in [2.45, 2.75) is 20.3 Å². The van der Waals surface area contributed by atoms with Crippen molar-refractivity contribution in [3.8, 4) is 0 Å². The molecule has 0 bridgehead atoms. The summed E-state index contributed by atoms with van der Waals surface area (Å²) in [5.41, 5.74) is 1.06. The lowest BCUT2D eigenvalue weighted by Crippen LogP contribution is -2.21. The molecule has 0 amide bonds. The molecule has 1 fully saturated rings. The first-order valence-corrected chi connectivity index (χ1v) is 6.21. The zero-order chi connectivity index (χ0) is 11.0. The Bertz CT molecular complexity index is 365. The van der Waals surface area contributed by atoms with E-state index in [1.807, 2.05) is 6.92 Å². The van der Waals surface area contributed by atoms with Crippen LogP contribution in [-0.4, -0.2) is 18.6 Å². The van der Waals surface area contributed by atoms with Crippen LogP contribution in [0.1, 0.15) is 19.0 Å². The van der Waals surface area contributed by atoms with E-state index in [0.29, 0.717) is 0 Å². The minimum atomic E-state index is 0.876. The third-order valence-electron chi connectivity index (χ3n) is 3.18. The number of halogens is 1. The SMILES string of the molecule is Cc1nc(N(C)CC2CC2C)ccc1Br. The molecular weight excluding hydrogens is 252 g/mol. The van der Waals surface area contributed by atoms with Crippen LogP contribution in [0.5, 0.6) is 0 Å². The van der Waals surface area contributed by atoms with Crippen molar-refractivity contribution in [2.24, 2.45) is 11.8 Å². The quantitative estimate of drug-likeness (QED) is 0.837. The number of hydrogen-bond donors (Lipinski definition) is 0. The smallest absolute Gasteiger partial charge is 0.128 e. The number of aryl methyl sites for hydroxylation is 1. The van der Waals surface area contributed by atoms with Gasteiger partial charge in [0.15, 0.2) is 0 Å². The van der Waals surface area contributed by atoms with Gasteiger partial charge in [0.25, 0.3) is 0 Å². The summed E-state index contributed by atoms with van der Waals surface area (Å²) in [7, 11) is 2.13. The number of aromatic nitrogens is 1. The predicted octanol–water partition coefficient (Wildman–Crippen LogP) is 3.24. The minimum Gasteiger partial charge on any atom is -0.359 e. The first-order valence-electron chi connectivity index (χ1n) is 5.42. The summed E-state index contributed by atoms with van der Waals surface area (Å²) < 4.78 is 1.08. The van der Waals surface area contributed by atoms with Crippen LogP contribution in [0.4, 0.5) is 5.82 Å². The van der Waals surface area contributed by atoms with Gasteiger partial charge in [-0.15, -0.1) is 0 Å². The van der Waals surface area contributed by atoms with Crippen molar-refractivity contribution in [3.63, 3.8) is 0 Å². The van der Waals surface area contributed by atoms with Gasteiger partial charge in [0.05, 0.1) is 5.69 Å². The van der Waals surface area contributed by atoms with Gasteiger partial charge in [-0.25, -0.2) is 4.98 Å². The highest BCUT2D eigenvalue weighted by Crippen LogP contribution is 2.38. The first-order chi connectivity index (χ1) is 7.08. The van der Waals surface area contributed by atoms with Gasteiger partial charge in [0.1, 0.15) is 5.82 Å². The van der Waals surface area contributed by atoms with Gasteiger partial charge < -0.3 is 4.90 Å². The van der Waals surface area contributed by atoms with Crippen LogP contribution >= 0.6 is 15.9 Å². The van der Waals surface area contributed by atoms with Gasteiger partial charge in [0, 0.05) is 18.1 Å². The van der Waals surface area contributed by atoms with E-state index < -0.39 is 0 Å². The monoisotopic (exact) mass is 268 g/mol. The summed E-state index contributed by atoms with van der Waals surface area (Å²) in [5.74, 6) is 2.86. The van der Waals surface area contributed by atoms with E-state index in [4.69, 9.17) is 0 Å². The maximum absolute atomic E-state index is 4.56. The van der Waals surface area contributed by atoms with Crippen LogP contribution in [-0.2, 0) is 0 Å². The molecule has 15 heavy (non-hydrogen) atoms. The van der Waals surface area contributed by atoms with E-state index in [0.717, 1.165) is 34.4 Å². The van der Waals surface area contributed by atoms with Gasteiger partial charge in [-0.2, -0.15) is 0 Å². The van der Waals surface area contributed by atoms with Crippen molar-refractivity contribution in [3.05, 3.63) is 22.3 Å². The van der Waals surface area contributed by atoms with Gasteiger partial charge in [-0.3, -0.25) is 0 Å². The number of anilines is 1. The van der Waals surface area contributed by atoms with Crippen LogP contribution in [0.15, 0.2) is 16.6 Å². The molecule has 1 aromatic rings. The van der Waals surface area contributed by atoms with Crippen molar-refractivity contribution in [1.29, 1.82) is 0 Å². The summed E-state index contributed by atoms with van der Waals surface area (Å²) >= 11 is 3.47. The largest absolute Gasteiger partial charge is 0.359 e. The van der Waals surface area contributed by atoms with E-state index in [1.54, 1.807) is 0 Å². The van der Waals surface area contributed by atoms with Gasteiger partial charge >= 0.3 is 0 Å². The molecule has 0 N–H and O–H groups in total. The second kappa shape index (κ2) is 4.12. The Balaban J connectivity index is 2.04. The second-order valence-electron chi connectivity index (χ2n) is 4.59. The normalized spacial score (nSPS) is 24.0. The van der Waals surface area contributed by atoms with E-state index in [1.165, 1.54) is 6.42 Å². The molecule has 2 atom stereocenters. The fraction of sp³-hybridized carbons (Fsp3) is 0.583. The zero-order valence-corrected chi connectivity index (χ0v) is 11.1. The number of hydrogen-bond acceptors (Lipinski definition) is 2. The van der Waals surface area contributed by atoms with Crippen molar-refractivity contribution in [1.82, 2.24) is 4.98 Å². The molecule has 0 saturated heterocycles. The third-order valence-corrected chi connectivity index (χ3v) is 4.02. The molecule has 2 unspecified atom stereocenters. The molecule has 0 aromatic carbocycles. The van der Waals surface area contributed by atoms with Crippen LogP contribution < -0.4 is 4.90 Å². The van der Waals surface area contributed by atoms with E-state index in [2.05, 4.69) is 51.9 Å². The van der Waals surface area contributed by atoms with E-state index >= 15 is 0 Å². The lowest BCUT2D eigenvalue weighted by Gasteiger charge is -2.18. The molecule has 0 spiro atoms. The summed E-state index contributed by atoms with van der Waals surface area (Å²) in [6.45, 7) is 5.48. The fourth-order valence-electron chi connectivity index (χ4n) is 1.84. The van der Waals surface area contributed by atoms with E-state index in [9.17, 15) is 0 Å². The van der Waals surface area contributed by atoms with Crippen LogP contribution in [0.2, 0.25) is 0 Å². The average Bonchev–Trinajstić information content (AvgIpc) is 2.86. The summed E-state index contributed by atoms with van der Waals surface area (Å²) in [4.78, 5) is 6.82. The third kappa shape index (κ3) is 2.51. The molecule has 1 aliphatic carbocycles. The molecule has 3 heteroatoms. The molecule has 1 aromatic heterocycles. The Hall–Kier alpha value is -0.570. The molecule has 0 aliphatic heterocycles. The van der Waals surface area contributed by atoms with Crippen LogP contribution in [0.3, 0.4) is 0 Å². The Morgan fingerprint density at radius 1 is 1.53 bits per heavy atom. The molecule has 2 rings (SSSR count). The molecule has 82 valence electrons. The summed E-state index contributed by atoms with van der Waals surface area (Å²) in [6.07, 6.45) is 1.37. The molecule has 1 saturated carbocycles. The number of pyridine rings is 1. The van der Waals surface area contributed by atoms with Crippen LogP contribution in [0.25, 0.3) is 0 Å². The Morgan fingerprint density at radius 3 is 2.73 bits per heavy atom. The second-order valence-corrected chi connectivity index (χ2v) is 5.44. The molecule has 0 radical (unpaired) electrons. The number of nitrogens with zero attached hydrogens (tertiary/aromatic N) is 2. The highest BCUT2D eigenvalue weighted by Gasteiger charge is 2.33. The lowest BCUT2D eigenvalue weighted by atomic mass is 10.3. The maximum Gasteiger partial charge on any atom is 0.128 e. The van der Waals surface area contributed by atoms with Crippen molar-refractivity contribution >= 4 is 21.7 Å². The van der Waals surface area contributed by atoms with Gasteiger partial charge in [0.2, 0.25) is 0 Å². The number of rotatable bonds is 3. The highest BCUT2D eigenvalue weighted by atomic mass is 79.9. The van der Waals surface area contributed by atoms with Gasteiger partial charge in [-0.05, 0) is 53.2 Å². The topological polar surface area (TPSA) is 16.1 Å².